The van der Waals surface area contributed by atoms with Gasteiger partial charge in [-0.15, -0.1) is 0 Å². The highest BCUT2D eigenvalue weighted by Crippen LogP contribution is 2.28. The number of ether oxygens (including phenoxy) is 1. The van der Waals surface area contributed by atoms with Gasteiger partial charge in [0.2, 0.25) is 5.91 Å². The summed E-state index contributed by atoms with van der Waals surface area (Å²) in [4.78, 5) is 25.7. The number of amides is 1. The maximum atomic E-state index is 12.4. The van der Waals surface area contributed by atoms with Crippen LogP contribution in [0.25, 0.3) is 0 Å². The molecule has 0 N–H and O–H groups in total. The average Bonchev–Trinajstić information content (AvgIpc) is 2.99. The number of para-hydroxylation sites is 1. The third-order valence-corrected chi connectivity index (χ3v) is 4.44. The first-order valence-corrected chi connectivity index (χ1v) is 7.33. The third kappa shape index (κ3) is 2.92. The smallest absolute Gasteiger partial charge is 0.339 e. The van der Waals surface area contributed by atoms with Gasteiger partial charge in [0.05, 0.1) is 18.4 Å². The second-order valence-electron chi connectivity index (χ2n) is 4.47. The van der Waals surface area contributed by atoms with Gasteiger partial charge < -0.3 is 9.64 Å². The molecule has 0 saturated carbocycles. The summed E-state index contributed by atoms with van der Waals surface area (Å²) in [5.74, 6) is 1.60. The van der Waals surface area contributed by atoms with Gasteiger partial charge in [-0.1, -0.05) is 12.1 Å². The van der Waals surface area contributed by atoms with Crippen LogP contribution in [-0.4, -0.2) is 37.5 Å². The molecule has 4 nitrogen and oxygen atoms in total. The number of esters is 1. The zero-order valence-corrected chi connectivity index (χ0v) is 11.9. The Hall–Kier alpha value is -1.49. The van der Waals surface area contributed by atoms with Gasteiger partial charge in [0.25, 0.3) is 0 Å². The van der Waals surface area contributed by atoms with Crippen molar-refractivity contribution in [3.8, 4) is 0 Å². The van der Waals surface area contributed by atoms with Gasteiger partial charge >= 0.3 is 5.97 Å². The maximum Gasteiger partial charge on any atom is 0.339 e. The standard InChI is InChI=1S/C14H17NO3S/c1-15(13(16)10-7-8-19-9-10)12-6-4-3-5-11(12)14(17)18-2/h3-6,10H,7-9H2,1-2H3. The molecule has 1 amide bonds. The van der Waals surface area contributed by atoms with Crippen molar-refractivity contribution >= 4 is 29.3 Å². The number of nitrogens with zero attached hydrogens (tertiary/aromatic N) is 1. The second-order valence-corrected chi connectivity index (χ2v) is 5.62. The Morgan fingerprint density at radius 2 is 2.11 bits per heavy atom. The Bertz CT molecular complexity index is 483. The molecule has 0 aromatic heterocycles. The fourth-order valence-corrected chi connectivity index (χ4v) is 3.38. The SMILES string of the molecule is COC(=O)c1ccccc1N(C)C(=O)C1CCSC1. The van der Waals surface area contributed by atoms with Crippen molar-refractivity contribution in [1.82, 2.24) is 0 Å². The molecule has 1 aliphatic rings. The van der Waals surface area contributed by atoms with Crippen LogP contribution in [0.3, 0.4) is 0 Å². The number of thioether (sulfide) groups is 1. The molecular weight excluding hydrogens is 262 g/mol. The minimum atomic E-state index is -0.420. The van der Waals surface area contributed by atoms with E-state index in [0.29, 0.717) is 11.3 Å². The van der Waals surface area contributed by atoms with E-state index >= 15 is 0 Å². The van der Waals surface area contributed by atoms with Crippen LogP contribution >= 0.6 is 11.8 Å². The normalized spacial score (nSPS) is 18.1. The van der Waals surface area contributed by atoms with Gasteiger partial charge in [0, 0.05) is 18.7 Å². The van der Waals surface area contributed by atoms with Crippen LogP contribution < -0.4 is 4.90 Å². The number of rotatable bonds is 3. The van der Waals surface area contributed by atoms with Crippen LogP contribution in [0.4, 0.5) is 5.69 Å². The lowest BCUT2D eigenvalue weighted by Gasteiger charge is -2.22. The number of hydrogen-bond acceptors (Lipinski definition) is 4. The largest absolute Gasteiger partial charge is 0.465 e. The van der Waals surface area contributed by atoms with E-state index in [-0.39, 0.29) is 11.8 Å². The molecule has 1 heterocycles. The van der Waals surface area contributed by atoms with Crippen molar-refractivity contribution in [2.45, 2.75) is 6.42 Å². The Balaban J connectivity index is 2.25. The van der Waals surface area contributed by atoms with Crippen LogP contribution in [0.5, 0.6) is 0 Å². The van der Waals surface area contributed by atoms with E-state index in [4.69, 9.17) is 4.74 Å². The van der Waals surface area contributed by atoms with Gasteiger partial charge in [-0.3, -0.25) is 4.79 Å². The highest BCUT2D eigenvalue weighted by molar-refractivity contribution is 7.99. The van der Waals surface area contributed by atoms with Crippen LogP contribution in [0.2, 0.25) is 0 Å². The van der Waals surface area contributed by atoms with E-state index < -0.39 is 5.97 Å². The van der Waals surface area contributed by atoms with Gasteiger partial charge in [0.15, 0.2) is 0 Å². The number of carbonyl (C=O) groups excluding carboxylic acids is 2. The lowest BCUT2D eigenvalue weighted by molar-refractivity contribution is -0.121. The first-order valence-electron chi connectivity index (χ1n) is 6.17. The molecule has 0 radical (unpaired) electrons. The number of hydrogen-bond donors (Lipinski definition) is 0. The van der Waals surface area contributed by atoms with E-state index in [1.54, 1.807) is 41.9 Å². The Morgan fingerprint density at radius 1 is 1.37 bits per heavy atom. The minimum Gasteiger partial charge on any atom is -0.465 e. The Labute approximate surface area is 117 Å². The van der Waals surface area contributed by atoms with Crippen molar-refractivity contribution in [3.05, 3.63) is 29.8 Å². The summed E-state index contributed by atoms with van der Waals surface area (Å²) in [6, 6.07) is 7.02. The topological polar surface area (TPSA) is 46.6 Å². The molecule has 1 atom stereocenters. The van der Waals surface area contributed by atoms with E-state index in [9.17, 15) is 9.59 Å². The lowest BCUT2D eigenvalue weighted by atomic mass is 10.1. The number of benzene rings is 1. The van der Waals surface area contributed by atoms with Crippen molar-refractivity contribution < 1.29 is 14.3 Å². The monoisotopic (exact) mass is 279 g/mol. The van der Waals surface area contributed by atoms with E-state index in [1.165, 1.54) is 7.11 Å². The minimum absolute atomic E-state index is 0.0562. The fraction of sp³-hybridized carbons (Fsp3) is 0.429. The van der Waals surface area contributed by atoms with Crippen molar-refractivity contribution in [3.63, 3.8) is 0 Å². The summed E-state index contributed by atoms with van der Waals surface area (Å²) in [5, 5.41) is 0. The molecular formula is C14H17NO3S. The fourth-order valence-electron chi connectivity index (χ4n) is 2.17. The molecule has 1 aliphatic heterocycles. The summed E-state index contributed by atoms with van der Waals surface area (Å²) in [6.45, 7) is 0. The zero-order chi connectivity index (χ0) is 13.8. The molecule has 1 unspecified atom stereocenters. The first kappa shape index (κ1) is 13.9. The summed E-state index contributed by atoms with van der Waals surface area (Å²) < 4.78 is 4.75. The summed E-state index contributed by atoms with van der Waals surface area (Å²) >= 11 is 1.80. The highest BCUT2D eigenvalue weighted by Gasteiger charge is 2.28. The van der Waals surface area contributed by atoms with Gasteiger partial charge in [-0.25, -0.2) is 4.79 Å². The van der Waals surface area contributed by atoms with Crippen LogP contribution in [0, 0.1) is 5.92 Å². The van der Waals surface area contributed by atoms with Crippen LogP contribution in [0.1, 0.15) is 16.8 Å². The molecule has 5 heteroatoms. The van der Waals surface area contributed by atoms with Gasteiger partial charge in [-0.05, 0) is 24.3 Å². The predicted molar refractivity (Wildman–Crippen MR) is 76.6 cm³/mol. The van der Waals surface area contributed by atoms with Gasteiger partial charge in [-0.2, -0.15) is 11.8 Å². The van der Waals surface area contributed by atoms with Crippen LogP contribution in [-0.2, 0) is 9.53 Å². The number of methoxy groups -OCH3 is 1. The van der Waals surface area contributed by atoms with E-state index in [1.807, 2.05) is 6.07 Å². The maximum absolute atomic E-state index is 12.4. The summed E-state index contributed by atoms with van der Waals surface area (Å²) in [7, 11) is 3.06. The van der Waals surface area contributed by atoms with Crippen molar-refractivity contribution in [1.29, 1.82) is 0 Å². The molecule has 2 rings (SSSR count). The van der Waals surface area contributed by atoms with Crippen molar-refractivity contribution in [2.24, 2.45) is 5.92 Å². The quantitative estimate of drug-likeness (QED) is 0.796. The third-order valence-electron chi connectivity index (χ3n) is 3.28. The molecule has 19 heavy (non-hydrogen) atoms. The lowest BCUT2D eigenvalue weighted by Crippen LogP contribution is -2.34. The summed E-state index contributed by atoms with van der Waals surface area (Å²) in [6.07, 6.45) is 0.911. The number of carbonyl (C=O) groups is 2. The number of anilines is 1. The Morgan fingerprint density at radius 3 is 2.74 bits per heavy atom. The molecule has 0 spiro atoms. The van der Waals surface area contributed by atoms with Gasteiger partial charge in [0.1, 0.15) is 0 Å². The van der Waals surface area contributed by atoms with E-state index in [2.05, 4.69) is 0 Å². The molecule has 102 valence electrons. The molecule has 1 fully saturated rings. The Kier molecular flexibility index (Phi) is 4.47. The molecule has 0 aliphatic carbocycles. The molecule has 1 saturated heterocycles. The molecule has 1 aromatic carbocycles. The summed E-state index contributed by atoms with van der Waals surface area (Å²) in [5.41, 5.74) is 1.03. The van der Waals surface area contributed by atoms with E-state index in [0.717, 1.165) is 17.9 Å². The zero-order valence-electron chi connectivity index (χ0n) is 11.1. The second kappa shape index (κ2) is 6.10. The molecule has 0 bridgehead atoms. The molecule has 1 aromatic rings. The first-order chi connectivity index (χ1) is 9.15. The average molecular weight is 279 g/mol. The predicted octanol–water partition coefficient (Wildman–Crippen LogP) is 2.19. The highest BCUT2D eigenvalue weighted by atomic mass is 32.2. The van der Waals surface area contributed by atoms with Crippen LogP contribution in [0.15, 0.2) is 24.3 Å². The van der Waals surface area contributed by atoms with Crippen molar-refractivity contribution in [2.75, 3.05) is 30.6 Å².